The maximum Gasteiger partial charge on any atom is 0.269 e. The fraction of sp³-hybridized carbons (Fsp3) is 0.556. The van der Waals surface area contributed by atoms with E-state index in [0.29, 0.717) is 25.2 Å². The molecule has 0 saturated heterocycles. The summed E-state index contributed by atoms with van der Waals surface area (Å²) in [5, 5.41) is 13.7. The first-order chi connectivity index (χ1) is 12.5. The number of non-ortho nitro benzene ring substituents is 1. The average molecular weight is 382 g/mol. The molecule has 0 aromatic heterocycles. The fourth-order valence-corrected chi connectivity index (χ4v) is 3.33. The molecule has 7 nitrogen and oxygen atoms in total. The third-order valence-corrected chi connectivity index (χ3v) is 4.85. The van der Waals surface area contributed by atoms with Gasteiger partial charge in [0.25, 0.3) is 5.69 Å². The Balaban J connectivity index is 1.86. The normalized spacial score (nSPS) is 14.7. The first kappa shape index (κ1) is 20.2. The maximum atomic E-state index is 12.1. The first-order valence-corrected chi connectivity index (χ1v) is 9.45. The van der Waals surface area contributed by atoms with Gasteiger partial charge in [-0.25, -0.2) is 0 Å². The number of alkyl halides is 1. The lowest BCUT2D eigenvalue weighted by Crippen LogP contribution is -2.37. The van der Waals surface area contributed by atoms with Crippen LogP contribution in [0.1, 0.15) is 38.5 Å². The molecule has 26 heavy (non-hydrogen) atoms. The van der Waals surface area contributed by atoms with E-state index in [-0.39, 0.29) is 29.3 Å². The van der Waals surface area contributed by atoms with Crippen LogP contribution in [0.4, 0.5) is 11.4 Å². The van der Waals surface area contributed by atoms with Crippen LogP contribution in [0.25, 0.3) is 0 Å². The summed E-state index contributed by atoms with van der Waals surface area (Å²) in [4.78, 5) is 35.9. The molecule has 142 valence electrons. The lowest BCUT2D eigenvalue weighted by atomic mass is 9.89. The Kier molecular flexibility index (Phi) is 7.84. The Morgan fingerprint density at radius 2 is 1.85 bits per heavy atom. The summed E-state index contributed by atoms with van der Waals surface area (Å²) >= 11 is 5.67. The van der Waals surface area contributed by atoms with Crippen LogP contribution in [0.15, 0.2) is 24.3 Å². The van der Waals surface area contributed by atoms with Crippen LogP contribution in [0.5, 0.6) is 0 Å². The number of nitro groups is 1. The van der Waals surface area contributed by atoms with Crippen molar-refractivity contribution < 1.29 is 14.5 Å². The molecule has 8 heteroatoms. The summed E-state index contributed by atoms with van der Waals surface area (Å²) in [6.07, 6.45) is 5.90. The molecule has 1 saturated carbocycles. The Morgan fingerprint density at radius 3 is 2.42 bits per heavy atom. The molecule has 0 bridgehead atoms. The zero-order valence-corrected chi connectivity index (χ0v) is 15.4. The SMILES string of the molecule is O=C(NCCCN(C(=O)CCl)c1ccc([N+](=O)[O-])cc1)C1CCCCC1. The summed E-state index contributed by atoms with van der Waals surface area (Å²) in [5.41, 5.74) is 0.520. The number of benzene rings is 1. The van der Waals surface area contributed by atoms with Gasteiger partial charge in [0, 0.05) is 36.8 Å². The quantitative estimate of drug-likeness (QED) is 0.324. The number of carbonyl (C=O) groups is 2. The standard InChI is InChI=1S/C18H24ClN3O4/c19-13-17(23)21(15-7-9-16(10-8-15)22(25)26)12-4-11-20-18(24)14-5-2-1-3-6-14/h7-10,14H,1-6,11-13H2,(H,20,24). The number of amides is 2. The lowest BCUT2D eigenvalue weighted by Gasteiger charge is -2.23. The molecule has 0 spiro atoms. The number of nitrogens with zero attached hydrogens (tertiary/aromatic N) is 2. The highest BCUT2D eigenvalue weighted by molar-refractivity contribution is 6.29. The maximum absolute atomic E-state index is 12.1. The summed E-state index contributed by atoms with van der Waals surface area (Å²) < 4.78 is 0. The van der Waals surface area contributed by atoms with Gasteiger partial charge in [0.05, 0.1) is 4.92 Å². The van der Waals surface area contributed by atoms with Crippen molar-refractivity contribution in [2.75, 3.05) is 23.9 Å². The molecule has 0 heterocycles. The molecule has 1 aliphatic carbocycles. The summed E-state index contributed by atoms with van der Waals surface area (Å²) in [6.45, 7) is 0.864. The number of hydrogen-bond donors (Lipinski definition) is 1. The molecule has 0 aliphatic heterocycles. The molecule has 0 radical (unpaired) electrons. The number of nitrogens with one attached hydrogen (secondary N) is 1. The van der Waals surface area contributed by atoms with E-state index in [1.807, 2.05) is 0 Å². The van der Waals surface area contributed by atoms with Crippen LogP contribution in [0.3, 0.4) is 0 Å². The van der Waals surface area contributed by atoms with Gasteiger partial charge >= 0.3 is 0 Å². The highest BCUT2D eigenvalue weighted by Gasteiger charge is 2.21. The van der Waals surface area contributed by atoms with E-state index in [1.165, 1.54) is 35.6 Å². The van der Waals surface area contributed by atoms with Crippen molar-refractivity contribution in [3.8, 4) is 0 Å². The largest absolute Gasteiger partial charge is 0.356 e. The van der Waals surface area contributed by atoms with Gasteiger partial charge in [0.15, 0.2) is 0 Å². The number of anilines is 1. The van der Waals surface area contributed by atoms with Crippen molar-refractivity contribution in [2.45, 2.75) is 38.5 Å². The number of nitro benzene ring substituents is 1. The number of rotatable bonds is 8. The van der Waals surface area contributed by atoms with Gasteiger partial charge in [0.2, 0.25) is 11.8 Å². The number of carbonyl (C=O) groups excluding carboxylic acids is 2. The van der Waals surface area contributed by atoms with E-state index in [4.69, 9.17) is 11.6 Å². The zero-order chi connectivity index (χ0) is 18.9. The highest BCUT2D eigenvalue weighted by atomic mass is 35.5. The predicted octanol–water partition coefficient (Wildman–Crippen LogP) is 3.25. The van der Waals surface area contributed by atoms with E-state index in [9.17, 15) is 19.7 Å². The van der Waals surface area contributed by atoms with Crippen LogP contribution < -0.4 is 10.2 Å². The molecule has 1 fully saturated rings. The van der Waals surface area contributed by atoms with E-state index in [1.54, 1.807) is 0 Å². The van der Waals surface area contributed by atoms with Crippen molar-refractivity contribution in [2.24, 2.45) is 5.92 Å². The van der Waals surface area contributed by atoms with E-state index >= 15 is 0 Å². The van der Waals surface area contributed by atoms with Crippen LogP contribution in [0.2, 0.25) is 0 Å². The molecule has 1 aliphatic rings. The molecular formula is C18H24ClN3O4. The fourth-order valence-electron chi connectivity index (χ4n) is 3.18. The van der Waals surface area contributed by atoms with Crippen molar-refractivity contribution in [3.05, 3.63) is 34.4 Å². The summed E-state index contributed by atoms with van der Waals surface area (Å²) in [5.74, 6) is -0.251. The Bertz CT molecular complexity index is 630. The van der Waals surface area contributed by atoms with Crippen LogP contribution in [-0.2, 0) is 9.59 Å². The van der Waals surface area contributed by atoms with Crippen LogP contribution >= 0.6 is 11.6 Å². The Morgan fingerprint density at radius 1 is 1.19 bits per heavy atom. The van der Waals surface area contributed by atoms with Gasteiger partial charge in [-0.05, 0) is 31.4 Å². The number of halogens is 1. The number of hydrogen-bond acceptors (Lipinski definition) is 4. The minimum Gasteiger partial charge on any atom is -0.356 e. The van der Waals surface area contributed by atoms with Crippen molar-refractivity contribution in [1.29, 1.82) is 0 Å². The zero-order valence-electron chi connectivity index (χ0n) is 14.7. The van der Waals surface area contributed by atoms with E-state index in [0.717, 1.165) is 25.7 Å². The van der Waals surface area contributed by atoms with Gasteiger partial charge in [0.1, 0.15) is 5.88 Å². The first-order valence-electron chi connectivity index (χ1n) is 8.91. The second-order valence-corrected chi connectivity index (χ2v) is 6.70. The molecule has 1 N–H and O–H groups in total. The molecule has 0 atom stereocenters. The van der Waals surface area contributed by atoms with E-state index in [2.05, 4.69) is 5.32 Å². The summed E-state index contributed by atoms with van der Waals surface area (Å²) in [7, 11) is 0. The molecule has 0 unspecified atom stereocenters. The molecule has 1 aromatic carbocycles. The van der Waals surface area contributed by atoms with Crippen molar-refractivity contribution in [1.82, 2.24) is 5.32 Å². The second kappa shape index (κ2) is 10.1. The smallest absolute Gasteiger partial charge is 0.269 e. The molecule has 2 amide bonds. The third-order valence-electron chi connectivity index (χ3n) is 4.62. The average Bonchev–Trinajstić information content (AvgIpc) is 2.68. The van der Waals surface area contributed by atoms with E-state index < -0.39 is 4.92 Å². The summed E-state index contributed by atoms with van der Waals surface area (Å²) in [6, 6.07) is 5.77. The molecular weight excluding hydrogens is 358 g/mol. The van der Waals surface area contributed by atoms with Gasteiger partial charge in [-0.15, -0.1) is 11.6 Å². The van der Waals surface area contributed by atoms with Gasteiger partial charge in [-0.1, -0.05) is 19.3 Å². The monoisotopic (exact) mass is 381 g/mol. The van der Waals surface area contributed by atoms with Crippen molar-refractivity contribution >= 4 is 34.8 Å². The topological polar surface area (TPSA) is 92.6 Å². The molecule has 2 rings (SSSR count). The molecule has 1 aromatic rings. The Hall–Kier alpha value is -2.15. The lowest BCUT2D eigenvalue weighted by molar-refractivity contribution is -0.384. The van der Waals surface area contributed by atoms with Crippen LogP contribution in [-0.4, -0.2) is 35.7 Å². The van der Waals surface area contributed by atoms with Gasteiger partial charge < -0.3 is 10.2 Å². The Labute approximate surface area is 157 Å². The highest BCUT2D eigenvalue weighted by Crippen LogP contribution is 2.23. The second-order valence-electron chi connectivity index (χ2n) is 6.43. The van der Waals surface area contributed by atoms with Gasteiger partial charge in [-0.2, -0.15) is 0 Å². The third kappa shape index (κ3) is 5.69. The minimum absolute atomic E-state index is 0.0354. The predicted molar refractivity (Wildman–Crippen MR) is 100 cm³/mol. The van der Waals surface area contributed by atoms with Crippen molar-refractivity contribution in [3.63, 3.8) is 0 Å². The van der Waals surface area contributed by atoms with Gasteiger partial charge in [-0.3, -0.25) is 19.7 Å². The minimum atomic E-state index is -0.488. The van der Waals surface area contributed by atoms with Crippen LogP contribution in [0, 0.1) is 16.0 Å².